The lowest BCUT2D eigenvalue weighted by Gasteiger charge is -1.92. The van der Waals surface area contributed by atoms with Gasteiger partial charge in [-0.25, -0.2) is 0 Å². The number of hydrogen-bond acceptors (Lipinski definition) is 3. The molecule has 0 unspecified atom stereocenters. The first kappa shape index (κ1) is 13.7. The monoisotopic (exact) mass is 274 g/mol. The molecule has 0 radical (unpaired) electrons. The predicted octanol–water partition coefficient (Wildman–Crippen LogP) is 3.79. The van der Waals surface area contributed by atoms with E-state index in [-0.39, 0.29) is 5.78 Å². The van der Waals surface area contributed by atoms with Gasteiger partial charge >= 0.3 is 0 Å². The van der Waals surface area contributed by atoms with Crippen molar-refractivity contribution in [2.24, 2.45) is 0 Å². The average Bonchev–Trinajstić information content (AvgIpc) is 2.89. The Labute approximate surface area is 117 Å². The number of rotatable bonds is 4. The highest BCUT2D eigenvalue weighted by Crippen LogP contribution is 2.21. The van der Waals surface area contributed by atoms with Crippen LogP contribution in [0.3, 0.4) is 0 Å². The molecule has 0 saturated carbocycles. The van der Waals surface area contributed by atoms with Crippen LogP contribution in [0, 0.1) is 20.8 Å². The largest absolute Gasteiger partial charge is 0.289 e. The number of ketones is 1. The molecule has 2 heterocycles. The lowest BCUT2D eigenvalue weighted by atomic mass is 10.1. The zero-order valence-electron chi connectivity index (χ0n) is 11.7. The molecule has 0 spiro atoms. The lowest BCUT2D eigenvalue weighted by molar-refractivity contribution is 0.104. The Bertz CT molecular complexity index is 635. The molecule has 19 heavy (non-hydrogen) atoms. The van der Waals surface area contributed by atoms with Crippen molar-refractivity contribution in [1.82, 2.24) is 9.78 Å². The van der Waals surface area contributed by atoms with Crippen molar-refractivity contribution < 1.29 is 4.79 Å². The molecule has 2 aromatic heterocycles. The van der Waals surface area contributed by atoms with Gasteiger partial charge in [-0.15, -0.1) is 11.3 Å². The van der Waals surface area contributed by atoms with Gasteiger partial charge in [0.05, 0.1) is 5.69 Å². The van der Waals surface area contributed by atoms with E-state index >= 15 is 0 Å². The van der Waals surface area contributed by atoms with Crippen molar-refractivity contribution in [1.29, 1.82) is 0 Å². The zero-order valence-corrected chi connectivity index (χ0v) is 12.5. The summed E-state index contributed by atoms with van der Waals surface area (Å²) >= 11 is 1.66. The molecule has 0 atom stereocenters. The van der Waals surface area contributed by atoms with E-state index in [1.807, 2.05) is 50.7 Å². The Hall–Kier alpha value is -1.68. The second-order valence-corrected chi connectivity index (χ2v) is 6.01. The van der Waals surface area contributed by atoms with Crippen molar-refractivity contribution >= 4 is 23.2 Å². The van der Waals surface area contributed by atoms with Gasteiger partial charge in [0.25, 0.3) is 0 Å². The van der Waals surface area contributed by atoms with E-state index in [9.17, 15) is 4.79 Å². The number of allylic oxidation sites excluding steroid dienone is 1. The van der Waals surface area contributed by atoms with Gasteiger partial charge in [0.15, 0.2) is 5.78 Å². The highest BCUT2D eigenvalue weighted by Gasteiger charge is 2.09. The van der Waals surface area contributed by atoms with Gasteiger partial charge in [0.1, 0.15) is 0 Å². The minimum atomic E-state index is 0.0606. The third-order valence-corrected chi connectivity index (χ3v) is 3.99. The van der Waals surface area contributed by atoms with E-state index < -0.39 is 0 Å². The molecule has 0 aliphatic carbocycles. The Kier molecular flexibility index (Phi) is 4.00. The summed E-state index contributed by atoms with van der Waals surface area (Å²) < 4.78 is 1.87. The Morgan fingerprint density at radius 1 is 1.42 bits per heavy atom. The molecule has 0 saturated heterocycles. The maximum Gasteiger partial charge on any atom is 0.186 e. The van der Waals surface area contributed by atoms with Gasteiger partial charge in [-0.1, -0.05) is 0 Å². The first-order valence-electron chi connectivity index (χ1n) is 6.34. The third kappa shape index (κ3) is 3.01. The Balaban J connectivity index is 2.20. The van der Waals surface area contributed by atoms with E-state index in [0.717, 1.165) is 28.2 Å². The van der Waals surface area contributed by atoms with Gasteiger partial charge in [-0.05, 0) is 45.9 Å². The molecule has 2 rings (SSSR count). The van der Waals surface area contributed by atoms with Crippen molar-refractivity contribution in [2.45, 2.75) is 34.2 Å². The van der Waals surface area contributed by atoms with Crippen molar-refractivity contribution in [3.63, 3.8) is 0 Å². The molecular formula is C15H18N2OS. The predicted molar refractivity (Wildman–Crippen MR) is 79.8 cm³/mol. The first-order chi connectivity index (χ1) is 9.01. The van der Waals surface area contributed by atoms with E-state index in [1.54, 1.807) is 17.4 Å². The van der Waals surface area contributed by atoms with Crippen LogP contribution in [0.1, 0.15) is 38.3 Å². The smallest absolute Gasteiger partial charge is 0.186 e. The normalized spacial score (nSPS) is 11.4. The van der Waals surface area contributed by atoms with E-state index in [2.05, 4.69) is 5.10 Å². The summed E-state index contributed by atoms with van der Waals surface area (Å²) in [4.78, 5) is 14.4. The standard InChI is InChI=1S/C15H18N2OS/c1-5-17-9-13(11(3)16-17)6-7-15(18)14-8-10(2)19-12(14)4/h6-9H,5H2,1-4H3/b7-6+. The summed E-state index contributed by atoms with van der Waals surface area (Å²) in [6, 6.07) is 1.95. The van der Waals surface area contributed by atoms with Crippen LogP contribution in [-0.2, 0) is 6.54 Å². The molecule has 0 bridgehead atoms. The minimum absolute atomic E-state index is 0.0606. The number of aromatic nitrogens is 2. The van der Waals surface area contributed by atoms with Crippen LogP contribution in [0.5, 0.6) is 0 Å². The SMILES string of the molecule is CCn1cc(/C=C/C(=O)c2cc(C)sc2C)c(C)n1. The zero-order chi connectivity index (χ0) is 14.0. The Morgan fingerprint density at radius 3 is 2.68 bits per heavy atom. The van der Waals surface area contributed by atoms with Crippen LogP contribution in [0.25, 0.3) is 6.08 Å². The molecular weight excluding hydrogens is 256 g/mol. The van der Waals surface area contributed by atoms with E-state index in [4.69, 9.17) is 0 Å². The minimum Gasteiger partial charge on any atom is -0.289 e. The van der Waals surface area contributed by atoms with Crippen LogP contribution in [0.4, 0.5) is 0 Å². The second kappa shape index (κ2) is 5.53. The summed E-state index contributed by atoms with van der Waals surface area (Å²) in [6.07, 6.45) is 5.45. The molecule has 0 aromatic carbocycles. The summed E-state index contributed by atoms with van der Waals surface area (Å²) in [5, 5.41) is 4.36. The summed E-state index contributed by atoms with van der Waals surface area (Å²) in [5.41, 5.74) is 2.75. The number of carbonyl (C=O) groups is 1. The van der Waals surface area contributed by atoms with Crippen LogP contribution in [-0.4, -0.2) is 15.6 Å². The van der Waals surface area contributed by atoms with Gasteiger partial charge < -0.3 is 0 Å². The maximum absolute atomic E-state index is 12.1. The fourth-order valence-corrected chi connectivity index (χ4v) is 2.92. The van der Waals surface area contributed by atoms with Crippen LogP contribution >= 0.6 is 11.3 Å². The van der Waals surface area contributed by atoms with Gasteiger partial charge in [-0.2, -0.15) is 5.10 Å². The summed E-state index contributed by atoms with van der Waals surface area (Å²) in [6.45, 7) is 8.84. The Morgan fingerprint density at radius 2 is 2.16 bits per heavy atom. The number of aryl methyl sites for hydroxylation is 4. The maximum atomic E-state index is 12.1. The molecule has 0 aliphatic heterocycles. The molecule has 4 heteroatoms. The molecule has 0 amide bonds. The first-order valence-corrected chi connectivity index (χ1v) is 7.16. The van der Waals surface area contributed by atoms with Gasteiger partial charge in [0.2, 0.25) is 0 Å². The summed E-state index contributed by atoms with van der Waals surface area (Å²) in [7, 11) is 0. The third-order valence-electron chi connectivity index (χ3n) is 3.03. The van der Waals surface area contributed by atoms with E-state index in [1.165, 1.54) is 4.88 Å². The number of thiophene rings is 1. The topological polar surface area (TPSA) is 34.9 Å². The van der Waals surface area contributed by atoms with Crippen LogP contribution < -0.4 is 0 Å². The number of hydrogen-bond donors (Lipinski definition) is 0. The van der Waals surface area contributed by atoms with Crippen molar-refractivity contribution in [2.75, 3.05) is 0 Å². The van der Waals surface area contributed by atoms with Crippen molar-refractivity contribution in [3.8, 4) is 0 Å². The van der Waals surface area contributed by atoms with E-state index in [0.29, 0.717) is 0 Å². The molecule has 2 aromatic rings. The fourth-order valence-electron chi connectivity index (χ4n) is 1.99. The molecule has 0 aliphatic rings. The van der Waals surface area contributed by atoms with Crippen LogP contribution in [0.15, 0.2) is 18.3 Å². The second-order valence-electron chi connectivity index (χ2n) is 4.55. The van der Waals surface area contributed by atoms with Crippen molar-refractivity contribution in [3.05, 3.63) is 44.9 Å². The quantitative estimate of drug-likeness (QED) is 0.628. The molecule has 0 fully saturated rings. The van der Waals surface area contributed by atoms with Crippen LogP contribution in [0.2, 0.25) is 0 Å². The highest BCUT2D eigenvalue weighted by atomic mass is 32.1. The molecule has 100 valence electrons. The van der Waals surface area contributed by atoms with Gasteiger partial charge in [0, 0.05) is 33.6 Å². The van der Waals surface area contributed by atoms with Gasteiger partial charge in [-0.3, -0.25) is 9.48 Å². The lowest BCUT2D eigenvalue weighted by Crippen LogP contribution is -1.93. The highest BCUT2D eigenvalue weighted by molar-refractivity contribution is 7.12. The molecule has 3 nitrogen and oxygen atoms in total. The fraction of sp³-hybridized carbons (Fsp3) is 0.333. The average molecular weight is 274 g/mol. The summed E-state index contributed by atoms with van der Waals surface area (Å²) in [5.74, 6) is 0.0606. The molecule has 0 N–H and O–H groups in total. The number of nitrogens with zero attached hydrogens (tertiary/aromatic N) is 2. The number of carbonyl (C=O) groups excluding carboxylic acids is 1.